The summed E-state index contributed by atoms with van der Waals surface area (Å²) in [7, 11) is 22.6. The minimum Gasteiger partial charge on any atom is -0.497 e. The summed E-state index contributed by atoms with van der Waals surface area (Å²) >= 11 is 0. The molecule has 11 heterocycles. The number of nitrogens with one attached hydrogen (secondary N) is 2. The first kappa shape index (κ1) is 102. The molecule has 0 unspecified atom stereocenters. The standard InChI is InChI=1S/C31H38N6O4.C30H36N6O2.C26H30N6O2.C24H26N6O4/c1-31(2,3)41-30(38)36-11-9-21(10-12-36)19-37(24-13-25(39-5)16-26(14-24)40-6)23-7-8-27-28(15-23)34-29(18-32-27)22-17-33-35(4)20-22;1-34-10-8-22(9-11-34)18-35-20-23(16-32-35)30-17-31-28-7-6-24(14-29(28)33-30)36(19-21-4-5-21)25-12-26(37-2)15-27(13-25)38-3;1-31-17-19(14-29-31)26-15-28-24-5-4-20(12-25(24)30-26)32(16-18-6-8-27-9-7-18)21-10-22(33-2)13-23(11-21)34-3;1-25-24(31)34-8-7-30(18-9-19(32-3)12-20(10-18)33-4)17-5-6-21-22(11-17)28-23(14-26-21)16-13-27-29(2)15-16/h7-8,13-18,20-21H,9-12,19H2,1-6H3;6-7,12-17,20-22H,4-5,8-11,18-19H2,1-3H3;4-5,10-15,17-18,27H,6-9,16H2,1-3H3;5-6,9-15H,7-8H2,1-4H3,(H,25,31). The van der Waals surface area contributed by atoms with Gasteiger partial charge in [0.15, 0.2) is 0 Å². The number of hydrogen-bond donors (Lipinski definition) is 2. The molecular weight excluding hydrogens is 1860 g/mol. The van der Waals surface area contributed by atoms with Crippen LogP contribution in [-0.2, 0) is 37.2 Å². The number of alkyl carbamates (subject to hydrolysis) is 1. The summed E-state index contributed by atoms with van der Waals surface area (Å²) in [5.74, 6) is 8.11. The first-order valence-corrected chi connectivity index (χ1v) is 49.6. The van der Waals surface area contributed by atoms with Crippen molar-refractivity contribution in [2.24, 2.45) is 44.8 Å². The lowest BCUT2D eigenvalue weighted by molar-refractivity contribution is 0.0186. The average molecular weight is 1990 g/mol. The van der Waals surface area contributed by atoms with Crippen LogP contribution in [0, 0.1) is 23.7 Å². The smallest absolute Gasteiger partial charge is 0.410 e. The Morgan fingerprint density at radius 2 is 0.673 bits per heavy atom. The van der Waals surface area contributed by atoms with E-state index in [2.05, 4.69) is 150 Å². The van der Waals surface area contributed by atoms with Gasteiger partial charge in [0.05, 0.1) is 180 Å². The summed E-state index contributed by atoms with van der Waals surface area (Å²) in [6.07, 6.45) is 30.6. The van der Waals surface area contributed by atoms with Crippen molar-refractivity contribution in [2.45, 2.75) is 84.3 Å². The van der Waals surface area contributed by atoms with Crippen molar-refractivity contribution in [1.29, 1.82) is 0 Å². The number of carbonyl (C=O) groups excluding carboxylic acids is 2. The Labute approximate surface area is 856 Å². The van der Waals surface area contributed by atoms with Gasteiger partial charge in [-0.3, -0.25) is 38.7 Å². The number of carbonyl (C=O) groups is 2. The highest BCUT2D eigenvalue weighted by Gasteiger charge is 2.32. The maximum atomic E-state index is 12.6. The summed E-state index contributed by atoms with van der Waals surface area (Å²) < 4.78 is 62.5. The number of amides is 2. The molecule has 0 atom stereocenters. The Balaban J connectivity index is 0.000000134. The molecule has 8 aromatic heterocycles. The van der Waals surface area contributed by atoms with Gasteiger partial charge in [0, 0.05) is 233 Å². The number of likely N-dealkylation sites (tertiary alicyclic amines) is 2. The van der Waals surface area contributed by atoms with Crippen LogP contribution in [0.15, 0.2) is 220 Å². The van der Waals surface area contributed by atoms with Gasteiger partial charge in [-0.1, -0.05) is 0 Å². The van der Waals surface area contributed by atoms with E-state index in [1.54, 1.807) is 108 Å². The van der Waals surface area contributed by atoms with E-state index in [9.17, 15) is 9.59 Å². The van der Waals surface area contributed by atoms with Gasteiger partial charge in [-0.15, -0.1) is 0 Å². The molecule has 4 fully saturated rings. The summed E-state index contributed by atoms with van der Waals surface area (Å²) in [6, 6.07) is 48.1. The third-order valence-electron chi connectivity index (χ3n) is 26.7. The monoisotopic (exact) mass is 1990 g/mol. The number of rotatable bonds is 31. The fourth-order valence-electron chi connectivity index (χ4n) is 18.3. The van der Waals surface area contributed by atoms with E-state index < -0.39 is 11.7 Å². The van der Waals surface area contributed by atoms with Gasteiger partial charge >= 0.3 is 12.2 Å². The number of hydrogen-bond acceptors (Lipinski definition) is 30. The minimum atomic E-state index is -0.508. The molecule has 8 aromatic carbocycles. The average Bonchev–Trinajstić information content (AvgIpc) is 1.58. The fourth-order valence-corrected chi connectivity index (χ4v) is 18.3. The number of ether oxygens (including phenoxy) is 10. The molecule has 0 bridgehead atoms. The second kappa shape index (κ2) is 47.3. The predicted molar refractivity (Wildman–Crippen MR) is 572 cm³/mol. The van der Waals surface area contributed by atoms with Gasteiger partial charge in [-0.2, -0.15) is 20.4 Å². The van der Waals surface area contributed by atoms with E-state index in [1.807, 2.05) is 162 Å². The third-order valence-corrected chi connectivity index (χ3v) is 26.7. The van der Waals surface area contributed by atoms with E-state index in [-0.39, 0.29) is 12.7 Å². The number of aromatic nitrogens is 16. The van der Waals surface area contributed by atoms with Crippen LogP contribution in [-0.4, -0.2) is 250 Å². The number of aryl methyl sites for hydroxylation is 3. The lowest BCUT2D eigenvalue weighted by Gasteiger charge is -2.36. The fraction of sp³-hybridized carbons (Fsp3) is 0.369. The number of benzene rings is 8. The number of anilines is 8. The van der Waals surface area contributed by atoms with Crippen molar-refractivity contribution in [3.05, 3.63) is 220 Å². The zero-order chi connectivity index (χ0) is 103. The molecule has 1 aliphatic carbocycles. The van der Waals surface area contributed by atoms with E-state index in [4.69, 9.17) is 72.3 Å². The SMILES string of the molecule is CNC(=O)OCCN(c1cc(OC)cc(OC)c1)c1ccc2ncc(-c3cnn(C)c3)nc2c1.COc1cc(OC)cc(N(CC2CC2)c2ccc3ncc(-c4cnn(CC5CCN(C)CC5)c4)nc3c2)c1.COc1cc(OC)cc(N(CC2CCN(C(=O)OC(C)(C)C)CC2)c2ccc3ncc(-c4cnn(C)c4)nc3c2)c1.COc1cc(OC)cc(N(CC2CCNCC2)c2ccc3ncc(-c4cnn(C)c4)nc3c2)c1. The largest absolute Gasteiger partial charge is 0.497 e. The van der Waals surface area contributed by atoms with E-state index in [0.717, 1.165) is 236 Å². The van der Waals surface area contributed by atoms with Crippen molar-refractivity contribution in [3.8, 4) is 91.0 Å². The summed E-state index contributed by atoms with van der Waals surface area (Å²) in [5.41, 5.74) is 20.8. The van der Waals surface area contributed by atoms with Gasteiger partial charge in [-0.05, 0) is 202 Å². The Kier molecular flexibility index (Phi) is 32.9. The van der Waals surface area contributed by atoms with Crippen molar-refractivity contribution in [1.82, 2.24) is 99.4 Å². The van der Waals surface area contributed by atoms with E-state index >= 15 is 0 Å². The van der Waals surface area contributed by atoms with Crippen molar-refractivity contribution in [2.75, 3.05) is 163 Å². The zero-order valence-corrected chi connectivity index (χ0v) is 86.5. The summed E-state index contributed by atoms with van der Waals surface area (Å²) in [6.45, 7) is 15.5. The minimum absolute atomic E-state index is 0.165. The molecule has 2 N–H and O–H groups in total. The molecule has 0 spiro atoms. The lowest BCUT2D eigenvalue weighted by Crippen LogP contribution is -2.43. The van der Waals surface area contributed by atoms with Gasteiger partial charge in [0.2, 0.25) is 0 Å². The van der Waals surface area contributed by atoms with Crippen molar-refractivity contribution >= 4 is 102 Å². The molecule has 4 aliphatic rings. The third kappa shape index (κ3) is 26.4. The van der Waals surface area contributed by atoms with Crippen LogP contribution < -0.4 is 68.1 Å². The predicted octanol–water partition coefficient (Wildman–Crippen LogP) is 19.0. The van der Waals surface area contributed by atoms with Crippen LogP contribution in [0.1, 0.15) is 72.1 Å². The first-order valence-electron chi connectivity index (χ1n) is 49.6. The van der Waals surface area contributed by atoms with E-state index in [1.165, 1.54) is 32.7 Å². The first-order chi connectivity index (χ1) is 71.3. The number of piperidine rings is 3. The normalized spacial score (nSPS) is 14.1. The molecule has 2 amide bonds. The van der Waals surface area contributed by atoms with Crippen LogP contribution in [0.2, 0.25) is 0 Å². The molecule has 0 radical (unpaired) electrons. The molecular formula is C111H130N24O12. The Hall–Kier alpha value is -16.0. The highest BCUT2D eigenvalue weighted by atomic mass is 16.6. The highest BCUT2D eigenvalue weighted by molar-refractivity contribution is 5.88. The highest BCUT2D eigenvalue weighted by Crippen LogP contribution is 2.44. The summed E-state index contributed by atoms with van der Waals surface area (Å²) in [5, 5.41) is 23.3. The molecule has 3 saturated heterocycles. The Bertz CT molecular complexity index is 7110. The lowest BCUT2D eigenvalue weighted by atomic mass is 9.95. The molecule has 147 heavy (non-hydrogen) atoms. The molecule has 16 aromatic rings. The van der Waals surface area contributed by atoms with Crippen molar-refractivity contribution in [3.63, 3.8) is 0 Å². The van der Waals surface area contributed by atoms with Crippen LogP contribution in [0.3, 0.4) is 0 Å². The van der Waals surface area contributed by atoms with Gasteiger partial charge in [-0.25, -0.2) is 29.5 Å². The second-order valence-corrected chi connectivity index (χ2v) is 38.3. The molecule has 3 aliphatic heterocycles. The van der Waals surface area contributed by atoms with Crippen LogP contribution >= 0.6 is 0 Å². The maximum absolute atomic E-state index is 12.6. The maximum Gasteiger partial charge on any atom is 0.410 e. The molecule has 766 valence electrons. The molecule has 20 rings (SSSR count). The number of methoxy groups -OCH3 is 8. The topological polar surface area (TPSA) is 344 Å². The van der Waals surface area contributed by atoms with Gasteiger partial charge < -0.3 is 87.4 Å². The number of fused-ring (bicyclic) bond motifs is 4. The van der Waals surface area contributed by atoms with Gasteiger partial charge in [0.25, 0.3) is 0 Å². The Morgan fingerprint density at radius 3 is 0.993 bits per heavy atom. The zero-order valence-electron chi connectivity index (χ0n) is 86.5. The number of nitrogens with zero attached hydrogens (tertiary/aromatic N) is 22. The van der Waals surface area contributed by atoms with Crippen LogP contribution in [0.25, 0.3) is 89.2 Å². The second-order valence-electron chi connectivity index (χ2n) is 38.3. The summed E-state index contributed by atoms with van der Waals surface area (Å²) in [4.78, 5) is 75.6. The Morgan fingerprint density at radius 1 is 0.361 bits per heavy atom. The van der Waals surface area contributed by atoms with E-state index in [0.29, 0.717) is 66.3 Å². The molecule has 1 saturated carbocycles. The van der Waals surface area contributed by atoms with Crippen LogP contribution in [0.4, 0.5) is 55.1 Å². The van der Waals surface area contributed by atoms with Crippen LogP contribution in [0.5, 0.6) is 46.0 Å². The molecule has 36 nitrogen and oxygen atoms in total. The van der Waals surface area contributed by atoms with Gasteiger partial charge in [0.1, 0.15) is 58.2 Å². The quantitative estimate of drug-likeness (QED) is 0.0407. The van der Waals surface area contributed by atoms with Crippen molar-refractivity contribution < 1.29 is 57.0 Å². The molecule has 36 heteroatoms.